The molecule has 6 heteroatoms. The van der Waals surface area contributed by atoms with Crippen LogP contribution in [0.5, 0.6) is 0 Å². The SMILES string of the molecule is CCc1ccc(C)c(NS(=O)(=O)c2ccc(CCN3CCCC3=O)cc2)c1. The number of rotatable bonds is 7. The second-order valence-electron chi connectivity index (χ2n) is 6.99. The van der Waals surface area contributed by atoms with Crippen molar-refractivity contribution in [3.63, 3.8) is 0 Å². The molecule has 0 bridgehead atoms. The maximum absolute atomic E-state index is 12.7. The molecule has 1 N–H and O–H groups in total. The van der Waals surface area contributed by atoms with Crippen molar-refractivity contribution < 1.29 is 13.2 Å². The van der Waals surface area contributed by atoms with E-state index in [1.54, 1.807) is 12.1 Å². The number of hydrogen-bond donors (Lipinski definition) is 1. The molecule has 0 unspecified atom stereocenters. The zero-order chi connectivity index (χ0) is 19.4. The van der Waals surface area contributed by atoms with Crippen LogP contribution in [0.2, 0.25) is 0 Å². The van der Waals surface area contributed by atoms with Crippen molar-refractivity contribution in [2.45, 2.75) is 44.4 Å². The van der Waals surface area contributed by atoms with Gasteiger partial charge in [0.1, 0.15) is 0 Å². The van der Waals surface area contributed by atoms with Gasteiger partial charge in [-0.15, -0.1) is 0 Å². The second-order valence-corrected chi connectivity index (χ2v) is 8.67. The summed E-state index contributed by atoms with van der Waals surface area (Å²) in [6, 6.07) is 12.7. The summed E-state index contributed by atoms with van der Waals surface area (Å²) in [4.78, 5) is 13.8. The highest BCUT2D eigenvalue weighted by Gasteiger charge is 2.20. The summed E-state index contributed by atoms with van der Waals surface area (Å²) in [5.74, 6) is 0.211. The number of likely N-dealkylation sites (tertiary alicyclic amines) is 1. The van der Waals surface area contributed by atoms with Crippen molar-refractivity contribution >= 4 is 21.6 Å². The Hall–Kier alpha value is -2.34. The molecule has 2 aromatic rings. The predicted molar refractivity (Wildman–Crippen MR) is 107 cm³/mol. The van der Waals surface area contributed by atoms with E-state index in [9.17, 15) is 13.2 Å². The smallest absolute Gasteiger partial charge is 0.261 e. The first-order chi connectivity index (χ1) is 12.9. The number of nitrogens with one attached hydrogen (secondary N) is 1. The van der Waals surface area contributed by atoms with Gasteiger partial charge in [0.25, 0.3) is 10.0 Å². The largest absolute Gasteiger partial charge is 0.342 e. The highest BCUT2D eigenvalue weighted by Crippen LogP contribution is 2.22. The summed E-state index contributed by atoms with van der Waals surface area (Å²) in [7, 11) is -3.63. The first-order valence-electron chi connectivity index (χ1n) is 9.38. The molecule has 5 nitrogen and oxygen atoms in total. The third kappa shape index (κ3) is 4.69. The van der Waals surface area contributed by atoms with Crippen molar-refractivity contribution in [1.82, 2.24) is 4.90 Å². The van der Waals surface area contributed by atoms with E-state index < -0.39 is 10.0 Å². The monoisotopic (exact) mass is 386 g/mol. The van der Waals surface area contributed by atoms with Crippen molar-refractivity contribution in [2.24, 2.45) is 0 Å². The number of nitrogens with zero attached hydrogens (tertiary/aromatic N) is 1. The zero-order valence-electron chi connectivity index (χ0n) is 15.9. The van der Waals surface area contributed by atoms with Crippen LogP contribution in [0.3, 0.4) is 0 Å². The van der Waals surface area contributed by atoms with Gasteiger partial charge in [0.2, 0.25) is 5.91 Å². The lowest BCUT2D eigenvalue weighted by atomic mass is 10.1. The third-order valence-corrected chi connectivity index (χ3v) is 6.41. The molecule has 1 aliphatic rings. The predicted octanol–water partition coefficient (Wildman–Crippen LogP) is 3.52. The van der Waals surface area contributed by atoms with Crippen molar-refractivity contribution in [1.29, 1.82) is 0 Å². The number of hydrogen-bond acceptors (Lipinski definition) is 3. The van der Waals surface area contributed by atoms with Gasteiger partial charge in [0.05, 0.1) is 10.6 Å². The van der Waals surface area contributed by atoms with Crippen molar-refractivity contribution in [2.75, 3.05) is 17.8 Å². The van der Waals surface area contributed by atoms with E-state index >= 15 is 0 Å². The van der Waals surface area contributed by atoms with E-state index in [1.165, 1.54) is 0 Å². The van der Waals surface area contributed by atoms with Crippen LogP contribution in [0.25, 0.3) is 0 Å². The Balaban J connectivity index is 1.69. The maximum atomic E-state index is 12.7. The molecule has 0 aromatic heterocycles. The molecule has 0 spiro atoms. The van der Waals surface area contributed by atoms with Crippen molar-refractivity contribution in [3.8, 4) is 0 Å². The van der Waals surface area contributed by atoms with Crippen LogP contribution in [0.1, 0.15) is 36.5 Å². The summed E-state index contributed by atoms with van der Waals surface area (Å²) >= 11 is 0. The molecular formula is C21H26N2O3S. The fraction of sp³-hybridized carbons (Fsp3) is 0.381. The molecule has 0 aliphatic carbocycles. The molecule has 3 rings (SSSR count). The van der Waals surface area contributed by atoms with Crippen LogP contribution in [-0.2, 0) is 27.7 Å². The lowest BCUT2D eigenvalue weighted by Gasteiger charge is -2.15. The van der Waals surface area contributed by atoms with Gasteiger partial charge in [-0.1, -0.05) is 31.2 Å². The molecular weight excluding hydrogens is 360 g/mol. The number of aryl methyl sites for hydroxylation is 2. The molecule has 1 amide bonds. The van der Waals surface area contributed by atoms with Gasteiger partial charge in [-0.3, -0.25) is 9.52 Å². The Morgan fingerprint density at radius 1 is 1.07 bits per heavy atom. The molecule has 1 saturated heterocycles. The summed E-state index contributed by atoms with van der Waals surface area (Å²) in [5, 5.41) is 0. The summed E-state index contributed by atoms with van der Waals surface area (Å²) < 4.78 is 28.1. The zero-order valence-corrected chi connectivity index (χ0v) is 16.7. The molecule has 0 atom stereocenters. The quantitative estimate of drug-likeness (QED) is 0.792. The maximum Gasteiger partial charge on any atom is 0.261 e. The number of amides is 1. The number of anilines is 1. The van der Waals surface area contributed by atoms with Gasteiger partial charge >= 0.3 is 0 Å². The molecule has 2 aromatic carbocycles. The Kier molecular flexibility index (Phi) is 5.85. The first kappa shape index (κ1) is 19.4. The number of sulfonamides is 1. The minimum atomic E-state index is -3.63. The molecule has 0 radical (unpaired) electrons. The topological polar surface area (TPSA) is 66.5 Å². The highest BCUT2D eigenvalue weighted by molar-refractivity contribution is 7.92. The molecule has 27 heavy (non-hydrogen) atoms. The summed E-state index contributed by atoms with van der Waals surface area (Å²) in [6.45, 7) is 5.44. The molecule has 144 valence electrons. The Morgan fingerprint density at radius 3 is 2.41 bits per heavy atom. The average Bonchev–Trinajstić information content (AvgIpc) is 3.07. The van der Waals surface area contributed by atoms with Crippen LogP contribution < -0.4 is 4.72 Å². The fourth-order valence-corrected chi connectivity index (χ4v) is 4.36. The minimum Gasteiger partial charge on any atom is -0.342 e. The standard InChI is InChI=1S/C21H26N2O3S/c1-3-17-7-6-16(2)20(15-17)22-27(25,26)19-10-8-18(9-11-19)12-14-23-13-4-5-21(23)24/h6-11,15,22H,3-5,12-14H2,1-2H3. The Morgan fingerprint density at radius 2 is 1.78 bits per heavy atom. The number of carbonyl (C=O) groups is 1. The Bertz CT molecular complexity index is 921. The van der Waals surface area contributed by atoms with E-state index in [0.717, 1.165) is 42.5 Å². The van der Waals surface area contributed by atoms with Crippen molar-refractivity contribution in [3.05, 3.63) is 59.2 Å². The van der Waals surface area contributed by atoms with Gasteiger partial charge < -0.3 is 4.90 Å². The van der Waals surface area contributed by atoms with Crippen LogP contribution >= 0.6 is 0 Å². The summed E-state index contributed by atoms with van der Waals surface area (Å²) in [5.41, 5.74) is 3.62. The van der Waals surface area contributed by atoms with E-state index in [0.29, 0.717) is 18.7 Å². The van der Waals surface area contributed by atoms with E-state index in [2.05, 4.69) is 4.72 Å². The Labute approximate surface area is 161 Å². The lowest BCUT2D eigenvalue weighted by Crippen LogP contribution is -2.26. The molecule has 0 saturated carbocycles. The van der Waals surface area contributed by atoms with Crippen LogP contribution in [-0.4, -0.2) is 32.3 Å². The molecule has 1 aliphatic heterocycles. The molecule has 1 fully saturated rings. The van der Waals surface area contributed by atoms with E-state index in [-0.39, 0.29) is 10.8 Å². The third-order valence-electron chi connectivity index (χ3n) is 5.03. The van der Waals surface area contributed by atoms with E-state index in [4.69, 9.17) is 0 Å². The van der Waals surface area contributed by atoms with Gasteiger partial charge in [0, 0.05) is 19.5 Å². The average molecular weight is 387 g/mol. The normalized spacial score (nSPS) is 14.6. The van der Waals surface area contributed by atoms with Gasteiger partial charge in [-0.25, -0.2) is 8.42 Å². The highest BCUT2D eigenvalue weighted by atomic mass is 32.2. The number of benzene rings is 2. The van der Waals surface area contributed by atoms with Gasteiger partial charge in [-0.05, 0) is 61.1 Å². The lowest BCUT2D eigenvalue weighted by molar-refractivity contribution is -0.127. The van der Waals surface area contributed by atoms with Crippen LogP contribution in [0.15, 0.2) is 47.4 Å². The summed E-state index contributed by atoms with van der Waals surface area (Å²) in [6.07, 6.45) is 3.15. The van der Waals surface area contributed by atoms with Crippen LogP contribution in [0, 0.1) is 6.92 Å². The molecule has 1 heterocycles. The number of carbonyl (C=O) groups excluding carboxylic acids is 1. The van der Waals surface area contributed by atoms with E-state index in [1.807, 2.05) is 49.1 Å². The minimum absolute atomic E-state index is 0.211. The second kappa shape index (κ2) is 8.13. The van der Waals surface area contributed by atoms with Gasteiger partial charge in [0.15, 0.2) is 0 Å². The van der Waals surface area contributed by atoms with Gasteiger partial charge in [-0.2, -0.15) is 0 Å². The fourth-order valence-electron chi connectivity index (χ4n) is 3.24. The van der Waals surface area contributed by atoms with Crippen LogP contribution in [0.4, 0.5) is 5.69 Å². The first-order valence-corrected chi connectivity index (χ1v) is 10.9.